The summed E-state index contributed by atoms with van der Waals surface area (Å²) in [5.41, 5.74) is 2.19. The second kappa shape index (κ2) is 27.7. The highest BCUT2D eigenvalue weighted by atomic mass is 35.5. The Morgan fingerprint density at radius 3 is 1.26 bits per heavy atom. The van der Waals surface area contributed by atoms with Crippen molar-refractivity contribution in [3.63, 3.8) is 0 Å². The van der Waals surface area contributed by atoms with Gasteiger partial charge in [0.2, 0.25) is 5.43 Å². The molecule has 0 aliphatic carbocycles. The van der Waals surface area contributed by atoms with Crippen LogP contribution in [-0.2, 0) is 57.0 Å². The van der Waals surface area contributed by atoms with Gasteiger partial charge in [-0.15, -0.1) is 0 Å². The van der Waals surface area contributed by atoms with Gasteiger partial charge in [0.1, 0.15) is 146 Å². The summed E-state index contributed by atoms with van der Waals surface area (Å²) in [6, 6.07) is -1.79. The molecule has 2 aromatic heterocycles. The predicted octanol–water partition coefficient (Wildman–Crippen LogP) is -10.0. The molecule has 0 unspecified atom stereocenters. The van der Waals surface area contributed by atoms with Gasteiger partial charge in [-0.3, -0.25) is 14.6 Å². The second-order valence-corrected chi connectivity index (χ2v) is 22.4. The fraction of sp³-hybridized carbons (Fsp3) is 0.720. The number of pyridine rings is 2. The maximum atomic E-state index is 17.6. The monoisotopic (exact) mass is 1330 g/mol. The number of halogens is 4. The number of benzene rings is 1. The lowest BCUT2D eigenvalue weighted by Crippen LogP contribution is -2.73. The average molecular weight is 1330 g/mol. The van der Waals surface area contributed by atoms with Crippen LogP contribution in [0, 0.1) is 17.5 Å². The second-order valence-electron chi connectivity index (χ2n) is 22.0. The van der Waals surface area contributed by atoms with Gasteiger partial charge in [-0.2, -0.15) is 0 Å². The van der Waals surface area contributed by atoms with Crippen molar-refractivity contribution in [2.45, 2.75) is 184 Å². The summed E-state index contributed by atoms with van der Waals surface area (Å²) in [6.07, 6.45) is -63.7. The Morgan fingerprint density at radius 1 is 0.500 bits per heavy atom. The molecule has 16 aliphatic rings. The number of aliphatic hydroxyl groups is 17. The normalized spacial score (nSPS) is 43.8. The van der Waals surface area contributed by atoms with Crippen molar-refractivity contribution in [1.29, 1.82) is 0 Å². The minimum atomic E-state index is -2.68. The number of anilines is 2. The highest BCUT2D eigenvalue weighted by Gasteiger charge is 2.61. The standard InChI is InChI=1S/C50H66ClF3N4O32/c51-21-22-10(25(66)14(65)3-57(22)44-13(54)2-12(53)43(55)56-44)1-11(52)23(21)58-24-15(4-59)80-50(36(77)42(24)90-78)89-41-20(9-64)84-49(35(76)30(41)71)88-40-19(8-63)83-48(34(75)29(40)70)87-39-18(7-62)82-47(33(74)28(39)69)86-38-17(6-61)81-46(32(73)27(38)68)85-37-16(5-60)79-45(58)31(72)26(37)67/h1-3,15-20,24,26-42,45-50,59-65,67-78H,4-9H2,(H2,55,56)/t15-,16+,17+,18+,19+,20+,24-,26+,27+,28+,29+,30+,31+,32+,33+,34+,35+,36+,37+,38+,39+,40+,41+,42+,45+,46+,47+,48+,49+,50+/m0/s1. The molecular weight excluding hydrogens is 1260 g/mol. The molecule has 12 bridgehead atoms. The first-order valence-corrected chi connectivity index (χ1v) is 28.0. The largest absolute Gasteiger partial charge is 0.503 e. The van der Waals surface area contributed by atoms with E-state index in [4.69, 9.17) is 74.3 Å². The van der Waals surface area contributed by atoms with Crippen LogP contribution in [0.5, 0.6) is 5.75 Å². The van der Waals surface area contributed by atoms with Crippen LogP contribution in [0.1, 0.15) is 0 Å². The average Bonchev–Trinajstić information content (AvgIpc) is 0.767. The van der Waals surface area contributed by atoms with Gasteiger partial charge in [-0.05, 0) is 6.07 Å². The number of fused-ring (bicyclic) bond motifs is 1. The number of hydrogen-bond donors (Lipinski definition) is 20. The molecule has 18 heterocycles. The van der Waals surface area contributed by atoms with Crippen molar-refractivity contribution in [2.75, 3.05) is 50.3 Å². The van der Waals surface area contributed by atoms with Crippen LogP contribution in [0.3, 0.4) is 0 Å². The molecule has 16 aliphatic heterocycles. The van der Waals surface area contributed by atoms with Gasteiger partial charge in [0.15, 0.2) is 66.7 Å². The van der Waals surface area contributed by atoms with E-state index in [0.29, 0.717) is 21.7 Å². The van der Waals surface area contributed by atoms with Crippen molar-refractivity contribution in [3.05, 3.63) is 51.0 Å². The molecule has 0 radical (unpaired) electrons. The van der Waals surface area contributed by atoms with Crippen LogP contribution in [0.25, 0.3) is 16.7 Å². The maximum absolute atomic E-state index is 17.6. The van der Waals surface area contributed by atoms with E-state index in [2.05, 4.69) is 4.98 Å². The molecule has 16 fully saturated rings. The zero-order valence-electron chi connectivity index (χ0n) is 46.0. The molecule has 0 amide bonds. The molecule has 1 aromatic carbocycles. The number of ether oxygens (including phenoxy) is 11. The summed E-state index contributed by atoms with van der Waals surface area (Å²) < 4.78 is 112. The van der Waals surface area contributed by atoms with Crippen LogP contribution in [0.15, 0.2) is 23.1 Å². The summed E-state index contributed by atoms with van der Waals surface area (Å²) in [4.78, 5) is 22.4. The molecule has 506 valence electrons. The van der Waals surface area contributed by atoms with Gasteiger partial charge in [0.05, 0.1) is 73.5 Å². The van der Waals surface area contributed by atoms with Crippen LogP contribution < -0.4 is 16.1 Å². The molecule has 0 spiro atoms. The summed E-state index contributed by atoms with van der Waals surface area (Å²) in [5, 5.41) is 212. The smallest absolute Gasteiger partial charge is 0.231 e. The predicted molar refractivity (Wildman–Crippen MR) is 277 cm³/mol. The van der Waals surface area contributed by atoms with E-state index in [1.54, 1.807) is 0 Å². The first-order valence-electron chi connectivity index (χ1n) is 27.6. The zero-order valence-corrected chi connectivity index (χ0v) is 46.8. The quantitative estimate of drug-likeness (QED) is 0.0699. The molecule has 16 saturated heterocycles. The van der Waals surface area contributed by atoms with Gasteiger partial charge >= 0.3 is 0 Å². The number of rotatable bonds is 9. The fourth-order valence-corrected chi connectivity index (χ4v) is 12.5. The third-order valence-electron chi connectivity index (χ3n) is 16.7. The van der Waals surface area contributed by atoms with E-state index < -0.39 is 286 Å². The summed E-state index contributed by atoms with van der Waals surface area (Å²) in [5.74, 6) is -7.88. The zero-order chi connectivity index (χ0) is 65.4. The molecule has 3 aromatic rings. The van der Waals surface area contributed by atoms with E-state index in [1.807, 2.05) is 0 Å². The van der Waals surface area contributed by atoms with E-state index in [1.165, 1.54) is 0 Å². The highest BCUT2D eigenvalue weighted by molar-refractivity contribution is 6.38. The molecular formula is C50H66ClF3N4O32. The Labute approximate surface area is 506 Å². The number of aromatic nitrogens is 2. The Hall–Kier alpha value is -4.14. The van der Waals surface area contributed by atoms with Crippen LogP contribution in [-0.4, -0.2) is 330 Å². The van der Waals surface area contributed by atoms with Crippen molar-refractivity contribution in [1.82, 2.24) is 9.55 Å². The Kier molecular flexibility index (Phi) is 21.1. The third kappa shape index (κ3) is 12.1. The Morgan fingerprint density at radius 2 is 0.867 bits per heavy atom. The number of nitrogens with two attached hydrogens (primary N) is 1. The van der Waals surface area contributed by atoms with Gasteiger partial charge in [0, 0.05) is 6.07 Å². The van der Waals surface area contributed by atoms with Crippen LogP contribution in [0.2, 0.25) is 5.02 Å². The van der Waals surface area contributed by atoms with E-state index >= 15 is 8.78 Å². The topological polar surface area (TPSA) is 559 Å². The van der Waals surface area contributed by atoms with Crippen molar-refractivity contribution in [2.24, 2.45) is 0 Å². The van der Waals surface area contributed by atoms with Crippen LogP contribution in [0.4, 0.5) is 24.7 Å². The van der Waals surface area contributed by atoms with E-state index in [9.17, 15) is 106 Å². The minimum absolute atomic E-state index is 0.230. The Balaban J connectivity index is 1.10. The number of nitrogens with zero attached hydrogens (tertiary/aromatic N) is 3. The van der Waals surface area contributed by atoms with Gasteiger partial charge in [0.25, 0.3) is 0 Å². The maximum Gasteiger partial charge on any atom is 0.231 e. The number of aromatic hydroxyl groups is 1. The molecule has 40 heteroatoms. The summed E-state index contributed by atoms with van der Waals surface area (Å²) in [7, 11) is 0. The molecule has 36 nitrogen and oxygen atoms in total. The van der Waals surface area contributed by atoms with Crippen molar-refractivity contribution >= 4 is 34.0 Å². The van der Waals surface area contributed by atoms with Gasteiger partial charge < -0.3 is 155 Å². The van der Waals surface area contributed by atoms with E-state index in [-0.39, 0.29) is 6.07 Å². The molecule has 90 heavy (non-hydrogen) atoms. The van der Waals surface area contributed by atoms with Crippen LogP contribution >= 0.6 is 11.6 Å². The molecule has 0 saturated carbocycles. The van der Waals surface area contributed by atoms with Crippen molar-refractivity contribution < 1.29 is 167 Å². The lowest BCUT2D eigenvalue weighted by molar-refractivity contribution is -0.399. The summed E-state index contributed by atoms with van der Waals surface area (Å²) >= 11 is 7.06. The molecule has 21 N–H and O–H groups in total. The summed E-state index contributed by atoms with van der Waals surface area (Å²) in [6.45, 7) is -7.25. The Bertz CT molecular complexity index is 3040. The highest BCUT2D eigenvalue weighted by Crippen LogP contribution is 2.46. The van der Waals surface area contributed by atoms with Gasteiger partial charge in [-0.1, -0.05) is 11.6 Å². The first-order chi connectivity index (χ1) is 42.8. The first kappa shape index (κ1) is 68.7. The fourth-order valence-electron chi connectivity index (χ4n) is 12.1. The minimum Gasteiger partial charge on any atom is -0.503 e. The third-order valence-corrected chi connectivity index (χ3v) is 17.0. The lowest BCUT2D eigenvalue weighted by Gasteiger charge is -2.54. The molecule has 19 rings (SSSR count). The number of aliphatic hydroxyl groups excluding tert-OH is 17. The lowest BCUT2D eigenvalue weighted by atomic mass is 9.90. The van der Waals surface area contributed by atoms with Crippen molar-refractivity contribution in [3.8, 4) is 11.6 Å². The number of hydrogen-bond acceptors (Lipinski definition) is 35. The number of nitrogen functional groups attached to an aromatic ring is 1. The van der Waals surface area contributed by atoms with E-state index in [0.717, 1.165) is 0 Å². The SMILES string of the molecule is Nc1nc(-n2cc(O)c(=O)c3cc(F)c(N4[C@@H]5[C@@H](OO)[C@@H](O)[C@@H](O[C@H]6[C@H](O)[C@@H](O)[C@@H](O[C@H]7[C@H](O)[C@@H](O)[C@@H](O[C@H]8[C@H](O)[C@@H](O)[C@@H](O[C@H]9[C@H](O)[C@@H](O)[C@@H](O[C@H]%10[C@H](O)[C@@H](O)[C@H]4O[C@@H]%10CO)O[C@@H]9CO)O[C@@H]8CO)O[C@@H]7CO)O[C@@H]6CO)O[C@H]5CO)c(Cl)c32)c(F)cc1F. The molecule has 30 atom stereocenters. The van der Waals surface area contributed by atoms with Gasteiger partial charge in [-0.25, -0.2) is 23.0 Å².